The van der Waals surface area contributed by atoms with Crippen LogP contribution in [-0.4, -0.2) is 59.3 Å². The lowest BCUT2D eigenvalue weighted by Gasteiger charge is -2.21. The number of hydrazine groups is 1. The van der Waals surface area contributed by atoms with Gasteiger partial charge in [0.25, 0.3) is 5.91 Å². The van der Waals surface area contributed by atoms with Crippen LogP contribution in [0.2, 0.25) is 0 Å². The standard InChI is InChI=1S/C16H20N4O5/c1-5-6-24-14(22)12-10(7-17)8-19-9-11(13(21)20(12)19)18-15(23)25-16(2,3)4/h5,11H,1,6,8-9H2,2-4H3,(H,18,23)/t11-/m1/s1. The highest BCUT2D eigenvalue weighted by Gasteiger charge is 2.48. The maximum atomic E-state index is 12.6. The number of nitriles is 1. The van der Waals surface area contributed by atoms with Crippen molar-refractivity contribution in [3.63, 3.8) is 0 Å². The summed E-state index contributed by atoms with van der Waals surface area (Å²) in [4.78, 5) is 36.6. The van der Waals surface area contributed by atoms with Crippen LogP contribution in [0.3, 0.4) is 0 Å². The number of carbonyl (C=O) groups is 3. The van der Waals surface area contributed by atoms with E-state index in [-0.39, 0.29) is 31.0 Å². The van der Waals surface area contributed by atoms with Gasteiger partial charge in [-0.3, -0.25) is 4.79 Å². The predicted molar refractivity (Wildman–Crippen MR) is 85.4 cm³/mol. The van der Waals surface area contributed by atoms with Crippen molar-refractivity contribution in [1.82, 2.24) is 15.3 Å². The van der Waals surface area contributed by atoms with E-state index in [9.17, 15) is 19.6 Å². The second kappa shape index (κ2) is 6.94. The van der Waals surface area contributed by atoms with E-state index >= 15 is 0 Å². The number of carbonyl (C=O) groups excluding carboxylic acids is 3. The molecule has 2 amide bonds. The maximum Gasteiger partial charge on any atom is 0.408 e. The van der Waals surface area contributed by atoms with Crippen molar-refractivity contribution >= 4 is 18.0 Å². The van der Waals surface area contributed by atoms with Crippen molar-refractivity contribution in [2.75, 3.05) is 19.7 Å². The zero-order chi connectivity index (χ0) is 18.8. The molecule has 1 fully saturated rings. The number of esters is 1. The molecular formula is C16H20N4O5. The minimum atomic E-state index is -0.878. The third-order valence-electron chi connectivity index (χ3n) is 3.37. The van der Waals surface area contributed by atoms with E-state index in [2.05, 4.69) is 11.9 Å². The zero-order valence-corrected chi connectivity index (χ0v) is 14.4. The molecule has 0 saturated carbocycles. The summed E-state index contributed by atoms with van der Waals surface area (Å²) in [5, 5.41) is 14.3. The molecule has 0 aliphatic carbocycles. The van der Waals surface area contributed by atoms with Gasteiger partial charge in [0.15, 0.2) is 5.70 Å². The maximum absolute atomic E-state index is 12.6. The Morgan fingerprint density at radius 2 is 2.16 bits per heavy atom. The molecule has 134 valence electrons. The second-order valence-corrected chi connectivity index (χ2v) is 6.52. The summed E-state index contributed by atoms with van der Waals surface area (Å²) in [6.07, 6.45) is 0.657. The molecule has 0 aromatic heterocycles. The van der Waals surface area contributed by atoms with Gasteiger partial charge < -0.3 is 14.8 Å². The monoisotopic (exact) mass is 348 g/mol. The smallest absolute Gasteiger partial charge is 0.408 e. The van der Waals surface area contributed by atoms with Crippen LogP contribution in [0, 0.1) is 11.3 Å². The minimum absolute atomic E-state index is 0.0390. The number of amides is 2. The quantitative estimate of drug-likeness (QED) is 0.580. The molecule has 9 nitrogen and oxygen atoms in total. The lowest BCUT2D eigenvalue weighted by Crippen LogP contribution is -2.45. The van der Waals surface area contributed by atoms with Gasteiger partial charge in [0.2, 0.25) is 0 Å². The Labute approximate surface area is 145 Å². The third kappa shape index (κ3) is 3.97. The number of fused-ring (bicyclic) bond motifs is 1. The fourth-order valence-corrected chi connectivity index (χ4v) is 2.49. The average molecular weight is 348 g/mol. The van der Waals surface area contributed by atoms with E-state index in [1.165, 1.54) is 11.1 Å². The van der Waals surface area contributed by atoms with E-state index < -0.39 is 29.6 Å². The Morgan fingerprint density at radius 3 is 2.72 bits per heavy atom. The minimum Gasteiger partial charge on any atom is -0.457 e. The van der Waals surface area contributed by atoms with Gasteiger partial charge in [0, 0.05) is 6.54 Å². The molecule has 0 aromatic carbocycles. The third-order valence-corrected chi connectivity index (χ3v) is 3.37. The van der Waals surface area contributed by atoms with Crippen LogP contribution in [0.5, 0.6) is 0 Å². The Balaban J connectivity index is 2.13. The highest BCUT2D eigenvalue weighted by atomic mass is 16.6. The summed E-state index contributed by atoms with van der Waals surface area (Å²) in [5.74, 6) is -1.31. The molecule has 2 aliphatic rings. The molecule has 2 heterocycles. The van der Waals surface area contributed by atoms with Crippen LogP contribution < -0.4 is 5.32 Å². The molecule has 0 aromatic rings. The number of nitrogens with zero attached hydrogens (tertiary/aromatic N) is 3. The van der Waals surface area contributed by atoms with Gasteiger partial charge >= 0.3 is 12.1 Å². The summed E-state index contributed by atoms with van der Waals surface area (Å²) >= 11 is 0. The Bertz CT molecular complexity index is 686. The summed E-state index contributed by atoms with van der Waals surface area (Å²) in [5.41, 5.74) is -0.684. The van der Waals surface area contributed by atoms with E-state index in [1.807, 2.05) is 6.07 Å². The van der Waals surface area contributed by atoms with Gasteiger partial charge in [-0.1, -0.05) is 12.7 Å². The van der Waals surface area contributed by atoms with Crippen molar-refractivity contribution < 1.29 is 23.9 Å². The first-order chi connectivity index (χ1) is 11.7. The summed E-state index contributed by atoms with van der Waals surface area (Å²) in [6.45, 7) is 8.75. The molecule has 0 bridgehead atoms. The van der Waals surface area contributed by atoms with Crippen molar-refractivity contribution in [2.24, 2.45) is 0 Å². The fraction of sp³-hybridized carbons (Fsp3) is 0.500. The number of alkyl carbamates (subject to hydrolysis) is 1. The van der Waals surface area contributed by atoms with Gasteiger partial charge in [-0.15, -0.1) is 0 Å². The predicted octanol–water partition coefficient (Wildman–Crippen LogP) is 0.459. The molecule has 0 radical (unpaired) electrons. The van der Waals surface area contributed by atoms with Gasteiger partial charge in [0.1, 0.15) is 18.2 Å². The Kier molecular flexibility index (Phi) is 5.13. The van der Waals surface area contributed by atoms with Crippen LogP contribution >= 0.6 is 0 Å². The van der Waals surface area contributed by atoms with Gasteiger partial charge in [0.05, 0.1) is 18.2 Å². The van der Waals surface area contributed by atoms with Gasteiger partial charge in [-0.2, -0.15) is 5.26 Å². The van der Waals surface area contributed by atoms with Gasteiger partial charge in [-0.05, 0) is 20.8 Å². The number of nitrogens with one attached hydrogen (secondary N) is 1. The molecular weight excluding hydrogens is 328 g/mol. The molecule has 1 saturated heterocycles. The van der Waals surface area contributed by atoms with Crippen LogP contribution in [0.4, 0.5) is 4.79 Å². The SMILES string of the molecule is C=CCOC(=O)C1=C(C#N)CN2C[C@@H](NC(=O)OC(C)(C)C)C(=O)N12. The number of rotatable bonds is 4. The summed E-state index contributed by atoms with van der Waals surface area (Å²) in [6, 6.07) is 1.04. The first kappa shape index (κ1) is 18.5. The second-order valence-electron chi connectivity index (χ2n) is 6.52. The molecule has 2 aliphatic heterocycles. The number of hydrogen-bond acceptors (Lipinski definition) is 7. The van der Waals surface area contributed by atoms with Crippen molar-refractivity contribution in [2.45, 2.75) is 32.4 Å². The van der Waals surface area contributed by atoms with Crippen LogP contribution in [0.25, 0.3) is 0 Å². The largest absolute Gasteiger partial charge is 0.457 e. The van der Waals surface area contributed by atoms with E-state index in [4.69, 9.17) is 9.47 Å². The number of hydrogen-bond donors (Lipinski definition) is 1. The van der Waals surface area contributed by atoms with Crippen molar-refractivity contribution in [3.05, 3.63) is 23.9 Å². The Morgan fingerprint density at radius 1 is 1.48 bits per heavy atom. The van der Waals surface area contributed by atoms with E-state index in [0.717, 1.165) is 5.01 Å². The lowest BCUT2D eigenvalue weighted by atomic mass is 10.2. The molecule has 1 N–H and O–H groups in total. The van der Waals surface area contributed by atoms with Crippen LogP contribution in [0.15, 0.2) is 23.9 Å². The highest BCUT2D eigenvalue weighted by molar-refractivity contribution is 5.99. The molecule has 0 unspecified atom stereocenters. The number of ether oxygens (including phenoxy) is 2. The fourth-order valence-electron chi connectivity index (χ4n) is 2.49. The summed E-state index contributed by atoms with van der Waals surface area (Å²) in [7, 11) is 0. The molecule has 1 atom stereocenters. The van der Waals surface area contributed by atoms with E-state index in [0.29, 0.717) is 0 Å². The van der Waals surface area contributed by atoms with E-state index in [1.54, 1.807) is 20.8 Å². The van der Waals surface area contributed by atoms with Crippen molar-refractivity contribution in [1.29, 1.82) is 5.26 Å². The lowest BCUT2D eigenvalue weighted by molar-refractivity contribution is -0.146. The average Bonchev–Trinajstić information content (AvgIpc) is 3.00. The molecule has 9 heteroatoms. The topological polar surface area (TPSA) is 112 Å². The molecule has 0 spiro atoms. The first-order valence-electron chi connectivity index (χ1n) is 7.67. The zero-order valence-electron chi connectivity index (χ0n) is 14.4. The normalized spacial score (nSPS) is 20.2. The Hall–Kier alpha value is -2.86. The molecule has 2 rings (SSSR count). The van der Waals surface area contributed by atoms with Gasteiger partial charge in [-0.25, -0.2) is 19.6 Å². The molecule has 25 heavy (non-hydrogen) atoms. The summed E-state index contributed by atoms with van der Waals surface area (Å²) < 4.78 is 10.1. The van der Waals surface area contributed by atoms with Crippen molar-refractivity contribution in [3.8, 4) is 6.07 Å². The first-order valence-corrected chi connectivity index (χ1v) is 7.67. The highest BCUT2D eigenvalue weighted by Crippen LogP contribution is 2.29. The van der Waals surface area contributed by atoms with Crippen LogP contribution in [-0.2, 0) is 19.1 Å². The van der Waals surface area contributed by atoms with Crippen LogP contribution in [0.1, 0.15) is 20.8 Å².